The number of hydrogen-bond acceptors (Lipinski definition) is 6. The summed E-state index contributed by atoms with van der Waals surface area (Å²) < 4.78 is 27.9. The van der Waals surface area contributed by atoms with Crippen molar-refractivity contribution in [2.45, 2.75) is 32.4 Å². The van der Waals surface area contributed by atoms with Gasteiger partial charge in [0.1, 0.15) is 22.2 Å². The Hall–Kier alpha value is -1.38. The number of aliphatic hydroxyl groups is 1. The van der Waals surface area contributed by atoms with Crippen LogP contribution < -0.4 is 5.32 Å². The third-order valence-corrected chi connectivity index (χ3v) is 5.24. The summed E-state index contributed by atoms with van der Waals surface area (Å²) in [5, 5.41) is 12.0. The predicted octanol–water partition coefficient (Wildman–Crippen LogP) is 0.647. The number of likely N-dealkylation sites (tertiary alicyclic amines) is 1. The molecule has 0 saturated carbocycles. The second-order valence-electron chi connectivity index (χ2n) is 6.44. The number of nitrogens with one attached hydrogen (secondary N) is 1. The molecule has 1 aromatic heterocycles. The normalized spacial score (nSPS) is 22.0. The molecule has 1 fully saturated rings. The average molecular weight is 358 g/mol. The lowest BCUT2D eigenvalue weighted by atomic mass is 9.98. The first-order chi connectivity index (χ1) is 11.3. The summed E-state index contributed by atoms with van der Waals surface area (Å²) >= 11 is 0. The molecular formula is C16H26N2O5S. The minimum Gasteiger partial charge on any atom is -0.453 e. The fourth-order valence-electron chi connectivity index (χ4n) is 3.09. The number of carbonyl (C=O) groups is 1. The summed E-state index contributed by atoms with van der Waals surface area (Å²) in [5.41, 5.74) is 0. The molecule has 7 nitrogen and oxygen atoms in total. The Kier molecular flexibility index (Phi) is 6.42. The Morgan fingerprint density at radius 3 is 2.75 bits per heavy atom. The van der Waals surface area contributed by atoms with Gasteiger partial charge in [0.2, 0.25) is 0 Å². The Morgan fingerprint density at radius 2 is 2.17 bits per heavy atom. The number of nitrogens with zero attached hydrogens (tertiary/aromatic N) is 1. The van der Waals surface area contributed by atoms with Crippen LogP contribution in [0.1, 0.15) is 36.1 Å². The standard InChI is InChI=1S/C16H26N2O5S/c1-3-4-12-9-18(7-8-24(2,21)22)10-14(12)17-16(20)15-6-5-13(11-19)23-15/h5-6,12,14,19H,3-4,7-11H2,1-2H3,(H,17,20)/t12-,14-/m1/s1. The highest BCUT2D eigenvalue weighted by atomic mass is 32.2. The second kappa shape index (κ2) is 8.13. The van der Waals surface area contributed by atoms with Gasteiger partial charge in [0.15, 0.2) is 5.76 Å². The van der Waals surface area contributed by atoms with Gasteiger partial charge in [-0.3, -0.25) is 9.69 Å². The predicted molar refractivity (Wildman–Crippen MR) is 90.4 cm³/mol. The molecule has 0 bridgehead atoms. The minimum atomic E-state index is -2.99. The van der Waals surface area contributed by atoms with Gasteiger partial charge in [-0.05, 0) is 24.5 Å². The molecule has 0 aromatic carbocycles. The SMILES string of the molecule is CCC[C@@H]1CN(CCS(C)(=O)=O)C[C@H]1NC(=O)c1ccc(CO)o1. The van der Waals surface area contributed by atoms with Crippen LogP contribution in [0.4, 0.5) is 0 Å². The van der Waals surface area contributed by atoms with Crippen LogP contribution in [-0.4, -0.2) is 62.0 Å². The number of rotatable bonds is 8. The van der Waals surface area contributed by atoms with E-state index in [0.717, 1.165) is 19.4 Å². The Morgan fingerprint density at radius 1 is 1.42 bits per heavy atom. The number of carbonyl (C=O) groups excluding carboxylic acids is 1. The van der Waals surface area contributed by atoms with E-state index in [9.17, 15) is 13.2 Å². The second-order valence-corrected chi connectivity index (χ2v) is 8.70. The monoisotopic (exact) mass is 358 g/mol. The van der Waals surface area contributed by atoms with Gasteiger partial charge in [-0.25, -0.2) is 8.42 Å². The van der Waals surface area contributed by atoms with Crippen molar-refractivity contribution in [3.63, 3.8) is 0 Å². The molecule has 136 valence electrons. The van der Waals surface area contributed by atoms with E-state index >= 15 is 0 Å². The summed E-state index contributed by atoms with van der Waals surface area (Å²) in [5.74, 6) is 0.664. The summed E-state index contributed by atoms with van der Waals surface area (Å²) in [7, 11) is -2.99. The Balaban J connectivity index is 1.97. The molecule has 2 rings (SSSR count). The van der Waals surface area contributed by atoms with Crippen LogP contribution in [-0.2, 0) is 16.4 Å². The lowest BCUT2D eigenvalue weighted by Crippen LogP contribution is -2.40. The zero-order valence-corrected chi connectivity index (χ0v) is 15.0. The van der Waals surface area contributed by atoms with Crippen molar-refractivity contribution < 1.29 is 22.7 Å². The topological polar surface area (TPSA) is 99.9 Å². The van der Waals surface area contributed by atoms with Crippen molar-refractivity contribution in [1.82, 2.24) is 10.2 Å². The van der Waals surface area contributed by atoms with E-state index in [1.807, 2.05) is 0 Å². The third-order valence-electron chi connectivity index (χ3n) is 4.31. The van der Waals surface area contributed by atoms with Crippen molar-refractivity contribution in [2.24, 2.45) is 5.92 Å². The smallest absolute Gasteiger partial charge is 0.287 e. The molecule has 1 aliphatic heterocycles. The van der Waals surface area contributed by atoms with Crippen LogP contribution in [0.15, 0.2) is 16.5 Å². The fourth-order valence-corrected chi connectivity index (χ4v) is 3.68. The van der Waals surface area contributed by atoms with Crippen molar-refractivity contribution in [3.05, 3.63) is 23.7 Å². The number of hydrogen-bond donors (Lipinski definition) is 2. The van der Waals surface area contributed by atoms with Crippen LogP contribution in [0.2, 0.25) is 0 Å². The van der Waals surface area contributed by atoms with Crippen LogP contribution in [0.25, 0.3) is 0 Å². The van der Waals surface area contributed by atoms with Gasteiger partial charge in [-0.1, -0.05) is 13.3 Å². The van der Waals surface area contributed by atoms with E-state index in [0.29, 0.717) is 24.8 Å². The molecule has 1 aliphatic rings. The van der Waals surface area contributed by atoms with Gasteiger partial charge in [0.05, 0.1) is 5.75 Å². The van der Waals surface area contributed by atoms with Crippen molar-refractivity contribution in [2.75, 3.05) is 31.6 Å². The van der Waals surface area contributed by atoms with Crippen LogP contribution in [0, 0.1) is 5.92 Å². The van der Waals surface area contributed by atoms with E-state index in [1.54, 1.807) is 12.1 Å². The minimum absolute atomic E-state index is 0.0281. The van der Waals surface area contributed by atoms with Crippen molar-refractivity contribution in [3.8, 4) is 0 Å². The average Bonchev–Trinajstić information content (AvgIpc) is 3.12. The zero-order valence-electron chi connectivity index (χ0n) is 14.2. The van der Waals surface area contributed by atoms with Gasteiger partial charge in [-0.2, -0.15) is 0 Å². The lowest BCUT2D eigenvalue weighted by molar-refractivity contribution is 0.0896. The molecule has 1 amide bonds. The lowest BCUT2D eigenvalue weighted by Gasteiger charge is -2.18. The molecule has 0 unspecified atom stereocenters. The Labute approximate surface area is 142 Å². The molecule has 2 atom stereocenters. The first-order valence-corrected chi connectivity index (χ1v) is 10.3. The molecule has 1 saturated heterocycles. The highest BCUT2D eigenvalue weighted by molar-refractivity contribution is 7.90. The molecule has 0 aliphatic carbocycles. The highest BCUT2D eigenvalue weighted by Gasteiger charge is 2.33. The number of amides is 1. The number of furan rings is 1. The van der Waals surface area contributed by atoms with E-state index in [-0.39, 0.29) is 30.1 Å². The summed E-state index contributed by atoms with van der Waals surface area (Å²) in [6, 6.07) is 3.09. The molecule has 1 aromatic rings. The molecule has 8 heteroatoms. The molecule has 2 N–H and O–H groups in total. The summed E-state index contributed by atoms with van der Waals surface area (Å²) in [6.45, 7) is 3.77. The van der Waals surface area contributed by atoms with Crippen LogP contribution >= 0.6 is 0 Å². The Bertz CT molecular complexity index is 655. The van der Waals surface area contributed by atoms with E-state index < -0.39 is 9.84 Å². The van der Waals surface area contributed by atoms with E-state index in [2.05, 4.69) is 17.1 Å². The largest absolute Gasteiger partial charge is 0.453 e. The highest BCUT2D eigenvalue weighted by Crippen LogP contribution is 2.22. The van der Waals surface area contributed by atoms with Crippen LogP contribution in [0.3, 0.4) is 0 Å². The van der Waals surface area contributed by atoms with Crippen LogP contribution in [0.5, 0.6) is 0 Å². The first kappa shape index (κ1) is 19.0. The molecular weight excluding hydrogens is 332 g/mol. The zero-order chi connectivity index (χ0) is 17.7. The maximum absolute atomic E-state index is 12.3. The molecule has 0 radical (unpaired) electrons. The van der Waals surface area contributed by atoms with Gasteiger partial charge < -0.3 is 14.8 Å². The maximum atomic E-state index is 12.3. The molecule has 0 spiro atoms. The van der Waals surface area contributed by atoms with Gasteiger partial charge in [0.25, 0.3) is 5.91 Å². The van der Waals surface area contributed by atoms with E-state index in [4.69, 9.17) is 9.52 Å². The van der Waals surface area contributed by atoms with Gasteiger partial charge >= 0.3 is 0 Å². The first-order valence-electron chi connectivity index (χ1n) is 8.23. The number of sulfone groups is 1. The molecule has 24 heavy (non-hydrogen) atoms. The van der Waals surface area contributed by atoms with Crippen molar-refractivity contribution in [1.29, 1.82) is 0 Å². The van der Waals surface area contributed by atoms with Gasteiger partial charge in [0, 0.05) is 31.9 Å². The van der Waals surface area contributed by atoms with E-state index in [1.165, 1.54) is 6.26 Å². The quantitative estimate of drug-likeness (QED) is 0.708. The maximum Gasteiger partial charge on any atom is 0.287 e. The third kappa shape index (κ3) is 5.32. The number of aliphatic hydroxyl groups excluding tert-OH is 1. The molecule has 2 heterocycles. The van der Waals surface area contributed by atoms with Crippen molar-refractivity contribution >= 4 is 15.7 Å². The summed E-state index contributed by atoms with van der Waals surface area (Å²) in [6.07, 6.45) is 3.22. The van der Waals surface area contributed by atoms with Gasteiger partial charge in [-0.15, -0.1) is 0 Å². The fraction of sp³-hybridized carbons (Fsp3) is 0.688. The summed E-state index contributed by atoms with van der Waals surface area (Å²) in [4.78, 5) is 14.4.